The molecule has 8 nitrogen and oxygen atoms in total. The van der Waals surface area contributed by atoms with Crippen LogP contribution in [0.1, 0.15) is 59.3 Å². The average Bonchev–Trinajstić information content (AvgIpc) is 2.84. The summed E-state index contributed by atoms with van der Waals surface area (Å²) in [7, 11) is 0. The quantitative estimate of drug-likeness (QED) is 0.773. The highest BCUT2D eigenvalue weighted by Gasteiger charge is 2.35. The molecule has 150 valence electrons. The van der Waals surface area contributed by atoms with Gasteiger partial charge in [-0.2, -0.15) is 5.26 Å². The second kappa shape index (κ2) is 9.07. The maximum Gasteiger partial charge on any atom is 0.410 e. The molecule has 0 aromatic carbocycles. The van der Waals surface area contributed by atoms with Gasteiger partial charge in [-0.25, -0.2) is 4.79 Å². The molecule has 2 saturated heterocycles. The predicted octanol–water partition coefficient (Wildman–Crippen LogP) is 1.70. The van der Waals surface area contributed by atoms with Gasteiger partial charge >= 0.3 is 6.09 Å². The van der Waals surface area contributed by atoms with Gasteiger partial charge in [0.05, 0.1) is 6.07 Å². The maximum absolute atomic E-state index is 12.8. The lowest BCUT2D eigenvalue weighted by molar-refractivity contribution is -0.127. The number of hydrogen-bond donors (Lipinski definition) is 2. The monoisotopic (exact) mass is 378 g/mol. The van der Waals surface area contributed by atoms with Crippen molar-refractivity contribution >= 4 is 17.9 Å². The highest BCUT2D eigenvalue weighted by atomic mass is 16.6. The molecule has 0 aromatic heterocycles. The van der Waals surface area contributed by atoms with Crippen molar-refractivity contribution in [2.24, 2.45) is 5.92 Å². The lowest BCUT2D eigenvalue weighted by atomic mass is 9.98. The molecule has 0 bridgehead atoms. The van der Waals surface area contributed by atoms with Gasteiger partial charge in [0, 0.05) is 19.0 Å². The third kappa shape index (κ3) is 6.12. The standard InChI is InChI=1S/C19H30N4O4/c1-19(2,3)27-18(26)23-10-6-4-5-7-15(23)17(25)22-14(12-20)11-13-8-9-21-16(13)24/h13-15H,4-11H2,1-3H3,(H,21,24)(H,22,25)/t13-,14-,15-/m0/s1. The minimum Gasteiger partial charge on any atom is -0.444 e. The van der Waals surface area contributed by atoms with E-state index in [4.69, 9.17) is 4.74 Å². The second-order valence-electron chi connectivity index (χ2n) is 8.24. The van der Waals surface area contributed by atoms with Crippen molar-refractivity contribution in [3.63, 3.8) is 0 Å². The van der Waals surface area contributed by atoms with Crippen molar-refractivity contribution < 1.29 is 19.1 Å². The van der Waals surface area contributed by atoms with Gasteiger partial charge in [0.2, 0.25) is 11.8 Å². The van der Waals surface area contributed by atoms with Crippen molar-refractivity contribution in [1.29, 1.82) is 5.26 Å². The van der Waals surface area contributed by atoms with E-state index in [-0.39, 0.29) is 24.2 Å². The summed E-state index contributed by atoms with van der Waals surface area (Å²) in [6.07, 6.45) is 3.56. The number of rotatable bonds is 4. The van der Waals surface area contributed by atoms with E-state index in [0.29, 0.717) is 25.9 Å². The first-order valence-corrected chi connectivity index (χ1v) is 9.68. The Balaban J connectivity index is 2.04. The van der Waals surface area contributed by atoms with Crippen LogP contribution in [0, 0.1) is 17.2 Å². The van der Waals surface area contributed by atoms with E-state index in [1.807, 2.05) is 0 Å². The summed E-state index contributed by atoms with van der Waals surface area (Å²) < 4.78 is 5.46. The van der Waals surface area contributed by atoms with Gasteiger partial charge in [-0.3, -0.25) is 14.5 Å². The van der Waals surface area contributed by atoms with Gasteiger partial charge < -0.3 is 15.4 Å². The summed E-state index contributed by atoms with van der Waals surface area (Å²) in [6, 6.07) is 0.659. The van der Waals surface area contributed by atoms with Gasteiger partial charge in [-0.15, -0.1) is 0 Å². The highest BCUT2D eigenvalue weighted by Crippen LogP contribution is 2.21. The van der Waals surface area contributed by atoms with Crippen LogP contribution in [0.3, 0.4) is 0 Å². The van der Waals surface area contributed by atoms with E-state index < -0.39 is 23.8 Å². The van der Waals surface area contributed by atoms with Crippen LogP contribution in [0.2, 0.25) is 0 Å². The molecule has 2 aliphatic heterocycles. The minimum atomic E-state index is -0.755. The molecule has 0 saturated carbocycles. The highest BCUT2D eigenvalue weighted by molar-refractivity contribution is 5.86. The fourth-order valence-electron chi connectivity index (χ4n) is 3.49. The fraction of sp³-hybridized carbons (Fsp3) is 0.789. The molecule has 2 aliphatic rings. The molecule has 0 spiro atoms. The van der Waals surface area contributed by atoms with Gasteiger partial charge in [-0.05, 0) is 46.5 Å². The molecule has 0 unspecified atom stereocenters. The van der Waals surface area contributed by atoms with Crippen LogP contribution in [-0.2, 0) is 14.3 Å². The zero-order valence-corrected chi connectivity index (χ0v) is 16.4. The van der Waals surface area contributed by atoms with Crippen LogP contribution in [0.5, 0.6) is 0 Å². The van der Waals surface area contributed by atoms with Gasteiger partial charge in [-0.1, -0.05) is 12.8 Å². The number of carbonyl (C=O) groups excluding carboxylic acids is 3. The topological polar surface area (TPSA) is 112 Å². The smallest absolute Gasteiger partial charge is 0.410 e. The third-order valence-electron chi connectivity index (χ3n) is 4.84. The first-order valence-electron chi connectivity index (χ1n) is 9.68. The minimum absolute atomic E-state index is 0.0747. The van der Waals surface area contributed by atoms with Crippen molar-refractivity contribution in [3.8, 4) is 6.07 Å². The summed E-state index contributed by atoms with van der Waals surface area (Å²) in [6.45, 7) is 6.42. The van der Waals surface area contributed by atoms with Crippen LogP contribution >= 0.6 is 0 Å². The molecule has 0 aliphatic carbocycles. The Morgan fingerprint density at radius 2 is 2.07 bits per heavy atom. The number of nitrogens with zero attached hydrogens (tertiary/aromatic N) is 2. The average molecular weight is 378 g/mol. The van der Waals surface area contributed by atoms with Crippen molar-refractivity contribution in [2.45, 2.75) is 77.0 Å². The first kappa shape index (κ1) is 21.0. The van der Waals surface area contributed by atoms with Crippen LogP contribution in [-0.4, -0.2) is 53.6 Å². The summed E-state index contributed by atoms with van der Waals surface area (Å²) in [5.74, 6) is -0.687. The molecule has 2 heterocycles. The molecule has 27 heavy (non-hydrogen) atoms. The van der Waals surface area contributed by atoms with E-state index in [1.165, 1.54) is 4.90 Å². The summed E-state index contributed by atoms with van der Waals surface area (Å²) >= 11 is 0. The molecular formula is C19H30N4O4. The normalized spacial score (nSPS) is 24.4. The van der Waals surface area contributed by atoms with Crippen molar-refractivity contribution in [3.05, 3.63) is 0 Å². The lowest BCUT2D eigenvalue weighted by Gasteiger charge is -2.32. The number of nitriles is 1. The maximum atomic E-state index is 12.8. The zero-order valence-electron chi connectivity index (χ0n) is 16.4. The van der Waals surface area contributed by atoms with Gasteiger partial charge in [0.25, 0.3) is 0 Å². The van der Waals surface area contributed by atoms with E-state index >= 15 is 0 Å². The second-order valence-corrected chi connectivity index (χ2v) is 8.24. The Kier molecular flexibility index (Phi) is 7.05. The van der Waals surface area contributed by atoms with E-state index in [1.54, 1.807) is 20.8 Å². The van der Waals surface area contributed by atoms with Crippen LogP contribution < -0.4 is 10.6 Å². The lowest BCUT2D eigenvalue weighted by Crippen LogP contribution is -2.52. The molecule has 2 fully saturated rings. The van der Waals surface area contributed by atoms with Crippen LogP contribution in [0.15, 0.2) is 0 Å². The Hall–Kier alpha value is -2.30. The third-order valence-corrected chi connectivity index (χ3v) is 4.84. The Labute approximate surface area is 160 Å². The van der Waals surface area contributed by atoms with Crippen molar-refractivity contribution in [1.82, 2.24) is 15.5 Å². The van der Waals surface area contributed by atoms with Crippen LogP contribution in [0.4, 0.5) is 4.79 Å². The van der Waals surface area contributed by atoms with E-state index in [2.05, 4.69) is 16.7 Å². The molecule has 3 atom stereocenters. The molecule has 0 radical (unpaired) electrons. The van der Waals surface area contributed by atoms with Gasteiger partial charge in [0.1, 0.15) is 17.7 Å². The van der Waals surface area contributed by atoms with E-state index in [9.17, 15) is 19.6 Å². The molecule has 2 rings (SSSR count). The number of ether oxygens (including phenoxy) is 1. The van der Waals surface area contributed by atoms with E-state index in [0.717, 1.165) is 19.3 Å². The molecular weight excluding hydrogens is 348 g/mol. The molecule has 3 amide bonds. The summed E-state index contributed by atoms with van der Waals surface area (Å²) in [5.41, 5.74) is -0.643. The summed E-state index contributed by atoms with van der Waals surface area (Å²) in [5, 5.41) is 14.9. The van der Waals surface area contributed by atoms with Crippen molar-refractivity contribution in [2.75, 3.05) is 13.1 Å². The summed E-state index contributed by atoms with van der Waals surface area (Å²) in [4.78, 5) is 38.6. The molecule has 8 heteroatoms. The fourth-order valence-corrected chi connectivity index (χ4v) is 3.49. The number of hydrogen-bond acceptors (Lipinski definition) is 5. The number of amides is 3. The SMILES string of the molecule is CC(C)(C)OC(=O)N1CCCCC[C@H]1C(=O)N[C@H](C#N)C[C@@H]1CCNC1=O. The Bertz CT molecular complexity index is 608. The Morgan fingerprint density at radius 3 is 2.67 bits per heavy atom. The molecule has 2 N–H and O–H groups in total. The van der Waals surface area contributed by atoms with Crippen LogP contribution in [0.25, 0.3) is 0 Å². The van der Waals surface area contributed by atoms with Gasteiger partial charge in [0.15, 0.2) is 0 Å². The predicted molar refractivity (Wildman–Crippen MR) is 98.5 cm³/mol. The Morgan fingerprint density at radius 1 is 1.33 bits per heavy atom. The zero-order chi connectivity index (χ0) is 20.0. The number of nitrogens with one attached hydrogen (secondary N) is 2. The number of likely N-dealkylation sites (tertiary alicyclic amines) is 1. The number of carbonyl (C=O) groups is 3. The largest absolute Gasteiger partial charge is 0.444 e. The molecule has 0 aromatic rings. The first-order chi connectivity index (χ1) is 12.7.